The van der Waals surface area contributed by atoms with Crippen LogP contribution in [-0.4, -0.2) is 45.1 Å². The molecule has 8 heteroatoms. The minimum absolute atomic E-state index is 0.222. The predicted molar refractivity (Wildman–Crippen MR) is 106 cm³/mol. The summed E-state index contributed by atoms with van der Waals surface area (Å²) in [6.07, 6.45) is 1.38. The summed E-state index contributed by atoms with van der Waals surface area (Å²) in [7, 11) is 4.59. The normalized spacial score (nSPS) is 10.9. The highest BCUT2D eigenvalue weighted by atomic mass is 16.5. The Morgan fingerprint density at radius 3 is 2.50 bits per heavy atom. The molecule has 8 nitrogen and oxygen atoms in total. The predicted octanol–water partition coefficient (Wildman–Crippen LogP) is 1.09. The fourth-order valence-corrected chi connectivity index (χ4v) is 2.84. The van der Waals surface area contributed by atoms with E-state index in [-0.39, 0.29) is 22.5 Å². The molecule has 0 spiro atoms. The van der Waals surface area contributed by atoms with Gasteiger partial charge in [-0.2, -0.15) is 0 Å². The van der Waals surface area contributed by atoms with E-state index in [4.69, 9.17) is 4.74 Å². The maximum absolute atomic E-state index is 12.7. The van der Waals surface area contributed by atoms with Gasteiger partial charge < -0.3 is 9.64 Å². The number of hydrogen-bond donors (Lipinski definition) is 0. The first-order chi connectivity index (χ1) is 13.3. The van der Waals surface area contributed by atoms with Gasteiger partial charge in [-0.1, -0.05) is 17.7 Å². The molecule has 0 aliphatic heterocycles. The van der Waals surface area contributed by atoms with E-state index in [0.29, 0.717) is 13.2 Å². The fourth-order valence-electron chi connectivity index (χ4n) is 2.84. The van der Waals surface area contributed by atoms with E-state index < -0.39 is 11.2 Å². The summed E-state index contributed by atoms with van der Waals surface area (Å²) >= 11 is 0. The molecule has 0 bridgehead atoms. The van der Waals surface area contributed by atoms with Crippen molar-refractivity contribution < 1.29 is 9.53 Å². The third kappa shape index (κ3) is 3.66. The van der Waals surface area contributed by atoms with E-state index in [1.165, 1.54) is 35.8 Å². The molecule has 0 aliphatic rings. The Morgan fingerprint density at radius 2 is 1.82 bits per heavy atom. The fraction of sp³-hybridized carbons (Fsp3) is 0.300. The summed E-state index contributed by atoms with van der Waals surface area (Å²) < 4.78 is 7.93. The van der Waals surface area contributed by atoms with Gasteiger partial charge in [-0.15, -0.1) is 0 Å². The number of likely N-dealkylation sites (N-methyl/N-ethyl adjacent to an activating group) is 1. The molecular weight excluding hydrogens is 360 g/mol. The lowest BCUT2D eigenvalue weighted by molar-refractivity contribution is 0.0773. The molecule has 0 fully saturated rings. The van der Waals surface area contributed by atoms with Crippen LogP contribution in [0.2, 0.25) is 0 Å². The molecule has 1 aromatic carbocycles. The summed E-state index contributed by atoms with van der Waals surface area (Å²) in [6.45, 7) is 2.71. The highest BCUT2D eigenvalue weighted by Crippen LogP contribution is 2.12. The van der Waals surface area contributed by atoms with Gasteiger partial charge in [0.05, 0.1) is 17.5 Å². The number of nitrogens with zero attached hydrogens (tertiary/aromatic N) is 4. The van der Waals surface area contributed by atoms with E-state index in [1.54, 1.807) is 7.05 Å². The lowest BCUT2D eigenvalue weighted by atomic mass is 10.2. The van der Waals surface area contributed by atoms with Crippen LogP contribution < -0.4 is 16.0 Å². The molecule has 0 atom stereocenters. The number of pyridine rings is 1. The minimum Gasteiger partial charge on any atom is -0.492 e. The Morgan fingerprint density at radius 1 is 1.14 bits per heavy atom. The molecule has 0 saturated heterocycles. The van der Waals surface area contributed by atoms with Crippen LogP contribution in [0.25, 0.3) is 11.0 Å². The van der Waals surface area contributed by atoms with Crippen molar-refractivity contribution >= 4 is 16.9 Å². The van der Waals surface area contributed by atoms with Crippen LogP contribution in [-0.2, 0) is 14.1 Å². The van der Waals surface area contributed by atoms with Crippen molar-refractivity contribution in [1.29, 1.82) is 0 Å². The number of amides is 1. The summed E-state index contributed by atoms with van der Waals surface area (Å²) in [5, 5.41) is 0.222. The van der Waals surface area contributed by atoms with Gasteiger partial charge in [0.2, 0.25) is 0 Å². The number of hydrogen-bond acceptors (Lipinski definition) is 5. The number of aryl methyl sites for hydroxylation is 2. The third-order valence-electron chi connectivity index (χ3n) is 4.60. The maximum atomic E-state index is 12.7. The van der Waals surface area contributed by atoms with Gasteiger partial charge in [0.1, 0.15) is 18.0 Å². The lowest BCUT2D eigenvalue weighted by Crippen LogP contribution is -2.37. The Balaban J connectivity index is 1.76. The molecule has 0 unspecified atom stereocenters. The number of benzene rings is 1. The van der Waals surface area contributed by atoms with Crippen molar-refractivity contribution in [2.24, 2.45) is 14.1 Å². The van der Waals surface area contributed by atoms with Crippen LogP contribution in [0.3, 0.4) is 0 Å². The van der Waals surface area contributed by atoms with Crippen molar-refractivity contribution in [3.8, 4) is 5.75 Å². The summed E-state index contributed by atoms with van der Waals surface area (Å²) in [4.78, 5) is 42.7. The molecule has 1 amide bonds. The Bertz CT molecular complexity index is 1150. The van der Waals surface area contributed by atoms with E-state index in [9.17, 15) is 14.4 Å². The molecule has 2 heterocycles. The van der Waals surface area contributed by atoms with Gasteiger partial charge in [0.15, 0.2) is 0 Å². The molecule has 0 aliphatic carbocycles. The van der Waals surface area contributed by atoms with E-state index in [2.05, 4.69) is 4.98 Å². The number of fused-ring (bicyclic) bond motifs is 1. The quantitative estimate of drug-likeness (QED) is 0.659. The average Bonchev–Trinajstić information content (AvgIpc) is 2.71. The molecule has 0 saturated carbocycles. The number of aromatic nitrogens is 3. The molecule has 2 aromatic heterocycles. The van der Waals surface area contributed by atoms with Crippen LogP contribution in [0.5, 0.6) is 5.75 Å². The van der Waals surface area contributed by atoms with Crippen molar-refractivity contribution in [3.05, 3.63) is 68.5 Å². The second-order valence-electron chi connectivity index (χ2n) is 6.69. The first-order valence-corrected chi connectivity index (χ1v) is 8.80. The van der Waals surface area contributed by atoms with Crippen molar-refractivity contribution in [3.63, 3.8) is 0 Å². The zero-order chi connectivity index (χ0) is 20.4. The maximum Gasteiger partial charge on any atom is 0.332 e. The Kier molecular flexibility index (Phi) is 5.30. The SMILES string of the molecule is Cc1ccc(OCCN(C)C(=O)c2cnc3c(c2)c(=O)n(C)c(=O)n3C)cc1. The van der Waals surface area contributed by atoms with E-state index in [0.717, 1.165) is 15.9 Å². The van der Waals surface area contributed by atoms with Gasteiger partial charge in [-0.05, 0) is 25.1 Å². The Labute approximate surface area is 161 Å². The molecule has 28 heavy (non-hydrogen) atoms. The summed E-state index contributed by atoms with van der Waals surface area (Å²) in [6, 6.07) is 9.15. The number of rotatable bonds is 5. The largest absolute Gasteiger partial charge is 0.492 e. The highest BCUT2D eigenvalue weighted by molar-refractivity contribution is 5.96. The standard InChI is InChI=1S/C20H22N4O4/c1-13-5-7-15(8-6-13)28-10-9-22(2)18(25)14-11-16-17(21-12-14)23(3)20(27)24(4)19(16)26/h5-8,11-12H,9-10H2,1-4H3. The molecule has 0 radical (unpaired) electrons. The molecule has 3 aromatic rings. The van der Waals surface area contributed by atoms with Gasteiger partial charge in [-0.3, -0.25) is 18.7 Å². The first kappa shape index (κ1) is 19.3. The minimum atomic E-state index is -0.481. The van der Waals surface area contributed by atoms with Crippen molar-refractivity contribution in [1.82, 2.24) is 19.0 Å². The molecule has 146 valence electrons. The van der Waals surface area contributed by atoms with Crippen LogP contribution in [0, 0.1) is 6.92 Å². The number of ether oxygens (including phenoxy) is 1. The second-order valence-corrected chi connectivity index (χ2v) is 6.69. The van der Waals surface area contributed by atoms with Crippen molar-refractivity contribution in [2.75, 3.05) is 20.2 Å². The van der Waals surface area contributed by atoms with Gasteiger partial charge >= 0.3 is 5.69 Å². The molecular formula is C20H22N4O4. The van der Waals surface area contributed by atoms with Crippen LogP contribution in [0.1, 0.15) is 15.9 Å². The van der Waals surface area contributed by atoms with E-state index in [1.807, 2.05) is 31.2 Å². The highest BCUT2D eigenvalue weighted by Gasteiger charge is 2.16. The Hall–Kier alpha value is -3.42. The molecule has 3 rings (SSSR count). The van der Waals surface area contributed by atoms with Crippen LogP contribution >= 0.6 is 0 Å². The van der Waals surface area contributed by atoms with Gasteiger partial charge in [0, 0.05) is 27.3 Å². The molecule has 0 N–H and O–H groups in total. The zero-order valence-corrected chi connectivity index (χ0v) is 16.3. The lowest BCUT2D eigenvalue weighted by Gasteiger charge is -2.18. The van der Waals surface area contributed by atoms with Crippen LogP contribution in [0.4, 0.5) is 0 Å². The van der Waals surface area contributed by atoms with E-state index >= 15 is 0 Å². The first-order valence-electron chi connectivity index (χ1n) is 8.80. The second kappa shape index (κ2) is 7.67. The summed E-state index contributed by atoms with van der Waals surface area (Å²) in [5.74, 6) is 0.459. The number of carbonyl (C=O) groups is 1. The monoisotopic (exact) mass is 382 g/mol. The smallest absolute Gasteiger partial charge is 0.332 e. The third-order valence-corrected chi connectivity index (χ3v) is 4.60. The summed E-state index contributed by atoms with van der Waals surface area (Å²) in [5.41, 5.74) is 0.725. The van der Waals surface area contributed by atoms with Crippen molar-refractivity contribution in [2.45, 2.75) is 6.92 Å². The number of carbonyl (C=O) groups excluding carboxylic acids is 1. The topological polar surface area (TPSA) is 86.4 Å². The zero-order valence-electron chi connectivity index (χ0n) is 16.3. The average molecular weight is 382 g/mol. The van der Waals surface area contributed by atoms with Crippen LogP contribution in [0.15, 0.2) is 46.1 Å². The van der Waals surface area contributed by atoms with Gasteiger partial charge in [-0.25, -0.2) is 9.78 Å². The van der Waals surface area contributed by atoms with Gasteiger partial charge in [0.25, 0.3) is 11.5 Å².